The molecular weight excluding hydrogens is 502 g/mol. The lowest BCUT2D eigenvalue weighted by Gasteiger charge is -2.27. The third kappa shape index (κ3) is 5.45. The number of imide groups is 1. The Bertz CT molecular complexity index is 1470. The summed E-state index contributed by atoms with van der Waals surface area (Å²) in [5, 5.41) is 3.27. The Hall–Kier alpha value is -4.44. The predicted octanol–water partition coefficient (Wildman–Crippen LogP) is 3.97. The van der Waals surface area contributed by atoms with Gasteiger partial charge in [0.25, 0.3) is 5.91 Å². The lowest BCUT2D eigenvalue weighted by atomic mass is 10.1. The Morgan fingerprint density at radius 1 is 1.03 bits per heavy atom. The minimum Gasteiger partial charge on any atom is -0.333 e. The molecule has 1 aromatic heterocycles. The second-order valence-electron chi connectivity index (χ2n) is 8.87. The third-order valence-corrected chi connectivity index (χ3v) is 7.02. The van der Waals surface area contributed by atoms with Gasteiger partial charge in [0.2, 0.25) is 17.7 Å². The largest absolute Gasteiger partial charge is 0.333 e. The molecule has 38 heavy (non-hydrogen) atoms. The summed E-state index contributed by atoms with van der Waals surface area (Å²) in [4.78, 5) is 61.6. The first-order valence-corrected chi connectivity index (χ1v) is 13.0. The average molecular weight is 528 g/mol. The van der Waals surface area contributed by atoms with Crippen LogP contribution in [0.4, 0.5) is 11.4 Å². The number of benzene rings is 3. The molecule has 0 aliphatic carbocycles. The van der Waals surface area contributed by atoms with Crippen molar-refractivity contribution in [3.8, 4) is 0 Å². The van der Waals surface area contributed by atoms with Gasteiger partial charge < -0.3 is 15.2 Å². The fraction of sp³-hybridized carbons (Fsp3) is 0.179. The lowest BCUT2D eigenvalue weighted by molar-refractivity contribution is -0.136. The Labute approximate surface area is 223 Å². The van der Waals surface area contributed by atoms with Gasteiger partial charge in [-0.15, -0.1) is 0 Å². The second kappa shape index (κ2) is 10.9. The first-order chi connectivity index (χ1) is 18.4. The van der Waals surface area contributed by atoms with Gasteiger partial charge >= 0.3 is 0 Å². The number of carbonyl (C=O) groups is 4. The van der Waals surface area contributed by atoms with E-state index in [0.717, 1.165) is 21.5 Å². The highest BCUT2D eigenvalue weighted by atomic mass is 32.2. The van der Waals surface area contributed by atoms with Crippen molar-refractivity contribution in [2.75, 3.05) is 16.0 Å². The van der Waals surface area contributed by atoms with E-state index >= 15 is 0 Å². The zero-order valence-corrected chi connectivity index (χ0v) is 21.4. The van der Waals surface area contributed by atoms with Crippen LogP contribution < -0.4 is 10.2 Å². The summed E-state index contributed by atoms with van der Waals surface area (Å²) in [6.07, 6.45) is -0.111. The molecule has 1 atom stereocenters. The van der Waals surface area contributed by atoms with Gasteiger partial charge in [-0.05, 0) is 42.0 Å². The molecule has 10 heteroatoms. The topological polar surface area (TPSA) is 115 Å². The molecule has 2 heterocycles. The number of fused-ring (bicyclic) bond motifs is 1. The highest BCUT2D eigenvalue weighted by Crippen LogP contribution is 2.29. The molecule has 9 nitrogen and oxygen atoms in total. The number of imidazole rings is 1. The summed E-state index contributed by atoms with van der Waals surface area (Å²) in [6, 6.07) is 22.5. The van der Waals surface area contributed by atoms with E-state index in [1.165, 1.54) is 23.6 Å². The Morgan fingerprint density at radius 2 is 1.74 bits per heavy atom. The van der Waals surface area contributed by atoms with E-state index in [0.29, 0.717) is 16.5 Å². The van der Waals surface area contributed by atoms with Crippen molar-refractivity contribution >= 4 is 57.8 Å². The van der Waals surface area contributed by atoms with Gasteiger partial charge in [-0.25, -0.2) is 9.88 Å². The third-order valence-electron chi connectivity index (χ3n) is 6.16. The molecule has 5 rings (SSSR count). The number of amides is 4. The standard InChI is InChI=1S/C28H25N5O4S/c1-18(34)29-20-11-13-21(14-12-20)33-25(35)15-24(27(33)37)32(16-19-7-3-2-4-8-19)26(36)17-38-28-30-22-9-5-6-10-23(22)31-28/h2-14,24H,15-17H2,1H3,(H,29,34)(H,30,31). The van der Waals surface area contributed by atoms with E-state index < -0.39 is 11.9 Å². The van der Waals surface area contributed by atoms with Crippen LogP contribution in [0.3, 0.4) is 0 Å². The van der Waals surface area contributed by atoms with Crippen LogP contribution >= 0.6 is 11.8 Å². The lowest BCUT2D eigenvalue weighted by Crippen LogP contribution is -2.45. The number of thioether (sulfide) groups is 1. The summed E-state index contributed by atoms with van der Waals surface area (Å²) >= 11 is 1.26. The summed E-state index contributed by atoms with van der Waals surface area (Å²) in [7, 11) is 0. The minimum absolute atomic E-state index is 0.0516. The van der Waals surface area contributed by atoms with Crippen molar-refractivity contribution < 1.29 is 19.2 Å². The fourth-order valence-corrected chi connectivity index (χ4v) is 5.16. The minimum atomic E-state index is -0.929. The summed E-state index contributed by atoms with van der Waals surface area (Å²) in [5.41, 5.74) is 3.48. The molecule has 1 fully saturated rings. The molecule has 3 aromatic carbocycles. The molecule has 1 aliphatic heterocycles. The average Bonchev–Trinajstić information content (AvgIpc) is 3.46. The van der Waals surface area contributed by atoms with Crippen LogP contribution in [-0.4, -0.2) is 50.3 Å². The Balaban J connectivity index is 1.36. The van der Waals surface area contributed by atoms with Crippen LogP contribution in [0.1, 0.15) is 18.9 Å². The maximum Gasteiger partial charge on any atom is 0.257 e. The summed E-state index contributed by atoms with van der Waals surface area (Å²) in [5.74, 6) is -1.28. The molecule has 0 bridgehead atoms. The van der Waals surface area contributed by atoms with Crippen LogP contribution in [0.15, 0.2) is 84.0 Å². The number of hydrogen-bond acceptors (Lipinski definition) is 6. The molecule has 1 aliphatic rings. The molecule has 2 N–H and O–H groups in total. The molecule has 192 valence electrons. The van der Waals surface area contributed by atoms with Crippen LogP contribution in [0.2, 0.25) is 0 Å². The first kappa shape index (κ1) is 25.2. The molecular formula is C28H25N5O4S. The van der Waals surface area contributed by atoms with Crippen molar-refractivity contribution in [1.82, 2.24) is 14.9 Å². The molecule has 4 amide bonds. The van der Waals surface area contributed by atoms with E-state index in [2.05, 4.69) is 15.3 Å². The first-order valence-electron chi connectivity index (χ1n) is 12.0. The van der Waals surface area contributed by atoms with E-state index in [1.54, 1.807) is 24.3 Å². The van der Waals surface area contributed by atoms with Gasteiger partial charge in [-0.1, -0.05) is 54.2 Å². The van der Waals surface area contributed by atoms with Crippen LogP contribution in [-0.2, 0) is 25.7 Å². The number of H-pyrrole nitrogens is 1. The van der Waals surface area contributed by atoms with Crippen LogP contribution in [0, 0.1) is 0 Å². The van der Waals surface area contributed by atoms with Crippen molar-refractivity contribution in [3.63, 3.8) is 0 Å². The molecule has 0 spiro atoms. The van der Waals surface area contributed by atoms with Gasteiger partial charge in [0, 0.05) is 19.2 Å². The van der Waals surface area contributed by atoms with Gasteiger partial charge in [-0.2, -0.15) is 0 Å². The summed E-state index contributed by atoms with van der Waals surface area (Å²) in [6.45, 7) is 1.59. The smallest absolute Gasteiger partial charge is 0.257 e. The maximum absolute atomic E-state index is 13.5. The normalized spacial score (nSPS) is 15.2. The zero-order valence-electron chi connectivity index (χ0n) is 20.6. The van der Waals surface area contributed by atoms with Crippen molar-refractivity contribution in [2.24, 2.45) is 0 Å². The number of anilines is 2. The number of para-hydroxylation sites is 2. The number of aromatic amines is 1. The van der Waals surface area contributed by atoms with E-state index in [-0.39, 0.29) is 36.4 Å². The predicted molar refractivity (Wildman–Crippen MR) is 145 cm³/mol. The van der Waals surface area contributed by atoms with Gasteiger partial charge in [0.1, 0.15) is 6.04 Å². The summed E-state index contributed by atoms with van der Waals surface area (Å²) < 4.78 is 0. The van der Waals surface area contributed by atoms with E-state index in [1.807, 2.05) is 54.6 Å². The number of nitrogens with zero attached hydrogens (tertiary/aromatic N) is 3. The van der Waals surface area contributed by atoms with Gasteiger partial charge in [0.05, 0.1) is 28.9 Å². The van der Waals surface area contributed by atoms with Crippen molar-refractivity contribution in [3.05, 3.63) is 84.4 Å². The highest BCUT2D eigenvalue weighted by Gasteiger charge is 2.44. The molecule has 1 unspecified atom stereocenters. The van der Waals surface area contributed by atoms with Crippen molar-refractivity contribution in [2.45, 2.75) is 31.1 Å². The monoisotopic (exact) mass is 527 g/mol. The van der Waals surface area contributed by atoms with E-state index in [4.69, 9.17) is 0 Å². The van der Waals surface area contributed by atoms with Crippen LogP contribution in [0.5, 0.6) is 0 Å². The van der Waals surface area contributed by atoms with Gasteiger partial charge in [-0.3, -0.25) is 19.2 Å². The molecule has 1 saturated heterocycles. The Morgan fingerprint density at radius 3 is 2.45 bits per heavy atom. The SMILES string of the molecule is CC(=O)Nc1ccc(N2C(=O)CC(N(Cc3ccccc3)C(=O)CSc3nc4ccccc4[nH]3)C2=O)cc1. The highest BCUT2D eigenvalue weighted by molar-refractivity contribution is 7.99. The Kier molecular flexibility index (Phi) is 7.23. The molecule has 0 radical (unpaired) electrons. The number of nitrogens with one attached hydrogen (secondary N) is 2. The van der Waals surface area contributed by atoms with Crippen LogP contribution in [0.25, 0.3) is 11.0 Å². The van der Waals surface area contributed by atoms with E-state index in [9.17, 15) is 19.2 Å². The maximum atomic E-state index is 13.5. The van der Waals surface area contributed by atoms with Gasteiger partial charge in [0.15, 0.2) is 5.16 Å². The van der Waals surface area contributed by atoms with Crippen molar-refractivity contribution in [1.29, 1.82) is 0 Å². The fourth-order valence-electron chi connectivity index (χ4n) is 4.39. The number of rotatable bonds is 8. The zero-order chi connectivity index (χ0) is 26.6. The quantitative estimate of drug-likeness (QED) is 0.265. The second-order valence-corrected chi connectivity index (χ2v) is 9.83. The molecule has 4 aromatic rings. The molecule has 0 saturated carbocycles. The number of hydrogen-bond donors (Lipinski definition) is 2. The number of aromatic nitrogens is 2. The number of carbonyl (C=O) groups excluding carboxylic acids is 4.